The number of thiophene rings is 1. The number of hydrogen-bond acceptors (Lipinski definition) is 4. The van der Waals surface area contributed by atoms with E-state index in [1.54, 1.807) is 11.3 Å². The second kappa shape index (κ2) is 10.6. The maximum atomic E-state index is 12.9. The predicted octanol–water partition coefficient (Wildman–Crippen LogP) is 4.16. The average molecular weight is 448 g/mol. The molecule has 4 rings (SSSR count). The van der Waals surface area contributed by atoms with Gasteiger partial charge in [-0.3, -0.25) is 14.5 Å². The Morgan fingerprint density at radius 2 is 1.72 bits per heavy atom. The van der Waals surface area contributed by atoms with Gasteiger partial charge in [0.25, 0.3) is 5.91 Å². The molecule has 0 spiro atoms. The van der Waals surface area contributed by atoms with Gasteiger partial charge in [0.1, 0.15) is 0 Å². The molecule has 1 aliphatic heterocycles. The summed E-state index contributed by atoms with van der Waals surface area (Å²) in [6.07, 6.45) is 1.69. The molecule has 6 heteroatoms. The number of carbonyl (C=O) groups excluding carboxylic acids is 2. The molecule has 2 amide bonds. The van der Waals surface area contributed by atoms with Crippen LogP contribution in [0.2, 0.25) is 0 Å². The first-order valence-electron chi connectivity index (χ1n) is 11.1. The smallest absolute Gasteiger partial charge is 0.251 e. The summed E-state index contributed by atoms with van der Waals surface area (Å²) in [6.45, 7) is 4.02. The summed E-state index contributed by atoms with van der Waals surface area (Å²) in [5.74, 6) is -0.00516. The number of benzene rings is 2. The van der Waals surface area contributed by atoms with Gasteiger partial charge in [-0.1, -0.05) is 54.1 Å². The van der Waals surface area contributed by atoms with E-state index >= 15 is 0 Å². The van der Waals surface area contributed by atoms with E-state index in [9.17, 15) is 9.59 Å². The van der Waals surface area contributed by atoms with Crippen LogP contribution in [0, 0.1) is 6.92 Å². The summed E-state index contributed by atoms with van der Waals surface area (Å²) in [7, 11) is 0. The van der Waals surface area contributed by atoms with Crippen molar-refractivity contribution in [3.8, 4) is 0 Å². The van der Waals surface area contributed by atoms with Gasteiger partial charge in [-0.25, -0.2) is 0 Å². The van der Waals surface area contributed by atoms with E-state index in [0.29, 0.717) is 12.1 Å². The van der Waals surface area contributed by atoms with Gasteiger partial charge in [-0.05, 0) is 48.9 Å². The zero-order chi connectivity index (χ0) is 22.3. The Balaban J connectivity index is 1.29. The molecule has 2 heterocycles. The van der Waals surface area contributed by atoms with Gasteiger partial charge in [0.15, 0.2) is 0 Å². The van der Waals surface area contributed by atoms with Crippen molar-refractivity contribution in [1.29, 1.82) is 0 Å². The van der Waals surface area contributed by atoms with Crippen LogP contribution in [0.25, 0.3) is 0 Å². The Morgan fingerprint density at radius 3 is 2.38 bits per heavy atom. The fourth-order valence-electron chi connectivity index (χ4n) is 4.04. The highest BCUT2D eigenvalue weighted by atomic mass is 32.1. The molecule has 0 bridgehead atoms. The lowest BCUT2D eigenvalue weighted by Crippen LogP contribution is -2.47. The monoisotopic (exact) mass is 447 g/mol. The molecule has 1 unspecified atom stereocenters. The Bertz CT molecular complexity index is 1010. The molecular formula is C26H29N3O2S. The first-order valence-corrected chi connectivity index (χ1v) is 11.9. The maximum absolute atomic E-state index is 12.9. The molecule has 1 atom stereocenters. The molecular weight excluding hydrogens is 418 g/mol. The fraction of sp³-hybridized carbons (Fsp3) is 0.308. The maximum Gasteiger partial charge on any atom is 0.251 e. The molecule has 0 aliphatic carbocycles. The van der Waals surface area contributed by atoms with Crippen molar-refractivity contribution in [1.82, 2.24) is 15.5 Å². The molecule has 2 N–H and O–H groups in total. The number of carbonyl (C=O) groups is 2. The van der Waals surface area contributed by atoms with E-state index in [2.05, 4.69) is 52.8 Å². The van der Waals surface area contributed by atoms with Crippen LogP contribution < -0.4 is 10.6 Å². The van der Waals surface area contributed by atoms with Gasteiger partial charge < -0.3 is 10.6 Å². The van der Waals surface area contributed by atoms with Crippen LogP contribution in [0.15, 0.2) is 72.1 Å². The SMILES string of the molecule is Cc1ccc(C(NC(=O)CN2CCC(NC(=O)c3ccccc3)CC2)c2cccs2)cc1. The highest BCUT2D eigenvalue weighted by Gasteiger charge is 2.24. The Morgan fingerprint density at radius 1 is 1.00 bits per heavy atom. The third-order valence-electron chi connectivity index (χ3n) is 5.87. The topological polar surface area (TPSA) is 61.4 Å². The van der Waals surface area contributed by atoms with Gasteiger partial charge in [0.05, 0.1) is 12.6 Å². The summed E-state index contributed by atoms with van der Waals surface area (Å²) >= 11 is 1.65. The number of nitrogens with zero attached hydrogens (tertiary/aromatic N) is 1. The standard InChI is InChI=1S/C26H29N3O2S/c1-19-9-11-20(12-10-19)25(23-8-5-17-32-23)28-24(30)18-29-15-13-22(14-16-29)27-26(31)21-6-3-2-4-7-21/h2-12,17,22,25H,13-16,18H2,1H3,(H,27,31)(H,28,30). The number of nitrogens with one attached hydrogen (secondary N) is 2. The lowest BCUT2D eigenvalue weighted by Gasteiger charge is -2.32. The van der Waals surface area contributed by atoms with Crippen LogP contribution in [0.4, 0.5) is 0 Å². The highest BCUT2D eigenvalue weighted by Crippen LogP contribution is 2.26. The van der Waals surface area contributed by atoms with E-state index in [1.165, 1.54) is 5.56 Å². The Kier molecular flexibility index (Phi) is 7.35. The fourth-order valence-corrected chi connectivity index (χ4v) is 4.84. The van der Waals surface area contributed by atoms with E-state index in [0.717, 1.165) is 36.4 Å². The van der Waals surface area contributed by atoms with E-state index in [-0.39, 0.29) is 23.9 Å². The van der Waals surface area contributed by atoms with Crippen molar-refractivity contribution in [2.45, 2.75) is 31.8 Å². The van der Waals surface area contributed by atoms with E-state index < -0.39 is 0 Å². The van der Waals surface area contributed by atoms with Gasteiger partial charge in [0, 0.05) is 29.6 Å². The number of hydrogen-bond donors (Lipinski definition) is 2. The average Bonchev–Trinajstić information content (AvgIpc) is 3.35. The molecule has 5 nitrogen and oxygen atoms in total. The number of piperidine rings is 1. The summed E-state index contributed by atoms with van der Waals surface area (Å²) < 4.78 is 0. The quantitative estimate of drug-likeness (QED) is 0.572. The van der Waals surface area contributed by atoms with Crippen LogP contribution in [0.3, 0.4) is 0 Å². The summed E-state index contributed by atoms with van der Waals surface area (Å²) in [4.78, 5) is 28.6. The highest BCUT2D eigenvalue weighted by molar-refractivity contribution is 7.10. The zero-order valence-electron chi connectivity index (χ0n) is 18.3. The number of rotatable bonds is 7. The first kappa shape index (κ1) is 22.2. The molecule has 2 aromatic carbocycles. The number of amides is 2. The predicted molar refractivity (Wildman–Crippen MR) is 129 cm³/mol. The second-order valence-electron chi connectivity index (χ2n) is 8.32. The molecule has 0 radical (unpaired) electrons. The van der Waals surface area contributed by atoms with Crippen LogP contribution in [-0.2, 0) is 4.79 Å². The minimum absolute atomic E-state index is 0.0238. The molecule has 3 aromatic rings. The molecule has 1 aliphatic rings. The normalized spacial score (nSPS) is 15.8. The first-order chi connectivity index (χ1) is 15.6. The minimum atomic E-state index is -0.134. The Labute approximate surface area is 193 Å². The van der Waals surface area contributed by atoms with E-state index in [1.807, 2.05) is 41.8 Å². The van der Waals surface area contributed by atoms with Crippen LogP contribution in [0.5, 0.6) is 0 Å². The second-order valence-corrected chi connectivity index (χ2v) is 9.30. The number of likely N-dealkylation sites (tertiary alicyclic amines) is 1. The summed E-state index contributed by atoms with van der Waals surface area (Å²) in [6, 6.07) is 21.7. The van der Waals surface area contributed by atoms with Crippen molar-refractivity contribution in [2.24, 2.45) is 0 Å². The lowest BCUT2D eigenvalue weighted by molar-refractivity contribution is -0.123. The molecule has 166 valence electrons. The zero-order valence-corrected chi connectivity index (χ0v) is 19.1. The molecule has 0 saturated carbocycles. The Hall–Kier alpha value is -2.96. The molecule has 1 fully saturated rings. The minimum Gasteiger partial charge on any atom is -0.349 e. The third-order valence-corrected chi connectivity index (χ3v) is 6.81. The largest absolute Gasteiger partial charge is 0.349 e. The van der Waals surface area contributed by atoms with Crippen LogP contribution in [0.1, 0.15) is 45.2 Å². The van der Waals surface area contributed by atoms with E-state index in [4.69, 9.17) is 0 Å². The summed E-state index contributed by atoms with van der Waals surface area (Å²) in [5.41, 5.74) is 2.98. The van der Waals surface area contributed by atoms with Gasteiger partial charge in [-0.15, -0.1) is 11.3 Å². The molecule has 1 aromatic heterocycles. The van der Waals surface area contributed by atoms with Crippen molar-refractivity contribution >= 4 is 23.2 Å². The molecule has 32 heavy (non-hydrogen) atoms. The van der Waals surface area contributed by atoms with Gasteiger partial charge in [-0.2, -0.15) is 0 Å². The lowest BCUT2D eigenvalue weighted by atomic mass is 10.0. The van der Waals surface area contributed by atoms with Crippen molar-refractivity contribution in [2.75, 3.05) is 19.6 Å². The van der Waals surface area contributed by atoms with Crippen molar-refractivity contribution in [3.63, 3.8) is 0 Å². The number of aryl methyl sites for hydroxylation is 1. The third kappa shape index (κ3) is 5.84. The summed E-state index contributed by atoms with van der Waals surface area (Å²) in [5, 5.41) is 8.39. The van der Waals surface area contributed by atoms with Crippen molar-refractivity contribution in [3.05, 3.63) is 93.7 Å². The molecule has 1 saturated heterocycles. The van der Waals surface area contributed by atoms with Gasteiger partial charge in [0.2, 0.25) is 5.91 Å². The van der Waals surface area contributed by atoms with Crippen LogP contribution in [-0.4, -0.2) is 42.4 Å². The van der Waals surface area contributed by atoms with Gasteiger partial charge >= 0.3 is 0 Å². The van der Waals surface area contributed by atoms with Crippen LogP contribution >= 0.6 is 11.3 Å². The van der Waals surface area contributed by atoms with Crippen molar-refractivity contribution < 1.29 is 9.59 Å².